The van der Waals surface area contributed by atoms with Gasteiger partial charge in [0.2, 0.25) is 0 Å². The molecule has 1 aliphatic heterocycles. The van der Waals surface area contributed by atoms with E-state index >= 15 is 0 Å². The van der Waals surface area contributed by atoms with E-state index in [2.05, 4.69) is 20.6 Å². The standard InChI is InChI=1S/C18H12N4O12S4/c23-35(24,25)7-1-3-9-11(5-7)21-15-13(19-9)17(37(29,30)31)16-14(18(15)38(32,33)34)20-10-4-2-8(36(26,27)28)6-12(10)22-16/h1-6,19,21H,(H,23,24,25)(H,26,27,28)(H,29,30,31)(H,32,33,34). The maximum absolute atomic E-state index is 12.5. The summed E-state index contributed by atoms with van der Waals surface area (Å²) in [4.78, 5) is 4.65. The van der Waals surface area contributed by atoms with Gasteiger partial charge in [-0.05, 0) is 36.4 Å². The van der Waals surface area contributed by atoms with Gasteiger partial charge in [-0.25, -0.2) is 9.97 Å². The molecule has 1 aromatic heterocycles. The third kappa shape index (κ3) is 4.31. The van der Waals surface area contributed by atoms with Crippen LogP contribution in [0.3, 0.4) is 0 Å². The van der Waals surface area contributed by atoms with Crippen molar-refractivity contribution in [3.63, 3.8) is 0 Å². The molecule has 6 N–H and O–H groups in total. The van der Waals surface area contributed by atoms with Crippen molar-refractivity contribution in [2.24, 2.45) is 0 Å². The first-order valence-corrected chi connectivity index (χ1v) is 15.5. The number of benzene rings is 3. The van der Waals surface area contributed by atoms with E-state index in [0.29, 0.717) is 0 Å². The fourth-order valence-corrected chi connectivity index (χ4v) is 6.48. The van der Waals surface area contributed by atoms with Crippen molar-refractivity contribution in [3.05, 3.63) is 36.4 Å². The predicted octanol–water partition coefficient (Wildman–Crippen LogP) is 1.57. The lowest BCUT2D eigenvalue weighted by Crippen LogP contribution is -2.17. The summed E-state index contributed by atoms with van der Waals surface area (Å²) in [5, 5.41) is 5.00. The highest BCUT2D eigenvalue weighted by Crippen LogP contribution is 2.49. The van der Waals surface area contributed by atoms with Crippen LogP contribution in [0.1, 0.15) is 0 Å². The van der Waals surface area contributed by atoms with Crippen molar-refractivity contribution in [1.82, 2.24) is 9.97 Å². The number of anilines is 4. The summed E-state index contributed by atoms with van der Waals surface area (Å²) in [6, 6.07) is 5.65. The molecule has 0 spiro atoms. The van der Waals surface area contributed by atoms with Gasteiger partial charge in [0.05, 0.1) is 43.6 Å². The maximum atomic E-state index is 12.5. The average Bonchev–Trinajstić information content (AvgIpc) is 2.76. The van der Waals surface area contributed by atoms with Crippen LogP contribution in [0, 0.1) is 0 Å². The van der Waals surface area contributed by atoms with Gasteiger partial charge in [-0.15, -0.1) is 0 Å². The van der Waals surface area contributed by atoms with E-state index in [1.165, 1.54) is 0 Å². The Kier molecular flexibility index (Phi) is 5.50. The van der Waals surface area contributed by atoms with Crippen molar-refractivity contribution < 1.29 is 51.9 Å². The maximum Gasteiger partial charge on any atom is 0.298 e. The quantitative estimate of drug-likeness (QED) is 0.125. The van der Waals surface area contributed by atoms with Crippen LogP contribution >= 0.6 is 0 Å². The van der Waals surface area contributed by atoms with E-state index in [1.807, 2.05) is 0 Å². The molecule has 5 rings (SSSR count). The molecule has 0 radical (unpaired) electrons. The van der Waals surface area contributed by atoms with E-state index in [1.54, 1.807) is 0 Å². The highest BCUT2D eigenvalue weighted by atomic mass is 32.2. The van der Waals surface area contributed by atoms with Gasteiger partial charge >= 0.3 is 0 Å². The summed E-state index contributed by atoms with van der Waals surface area (Å²) in [6.07, 6.45) is 0. The molecule has 4 aromatic rings. The van der Waals surface area contributed by atoms with E-state index in [0.717, 1.165) is 36.4 Å². The third-order valence-corrected chi connectivity index (χ3v) is 8.92. The van der Waals surface area contributed by atoms with Gasteiger partial charge in [0.15, 0.2) is 0 Å². The van der Waals surface area contributed by atoms with Crippen molar-refractivity contribution in [2.45, 2.75) is 19.6 Å². The number of nitrogens with zero attached hydrogens (tertiary/aromatic N) is 2. The van der Waals surface area contributed by atoms with E-state index in [-0.39, 0.29) is 22.4 Å². The molecule has 0 amide bonds. The highest BCUT2D eigenvalue weighted by Gasteiger charge is 2.36. The smallest absolute Gasteiger partial charge is 0.298 e. The average molecular weight is 605 g/mol. The minimum absolute atomic E-state index is 0.0437. The van der Waals surface area contributed by atoms with Crippen molar-refractivity contribution in [2.75, 3.05) is 10.6 Å². The lowest BCUT2D eigenvalue weighted by Gasteiger charge is -2.27. The van der Waals surface area contributed by atoms with Crippen LogP contribution in [0.25, 0.3) is 22.1 Å². The molecule has 0 saturated heterocycles. The van der Waals surface area contributed by atoms with Crippen molar-refractivity contribution in [1.29, 1.82) is 0 Å². The van der Waals surface area contributed by atoms with Crippen molar-refractivity contribution in [3.8, 4) is 0 Å². The lowest BCUT2D eigenvalue weighted by atomic mass is 10.1. The summed E-state index contributed by atoms with van der Waals surface area (Å²) in [6.45, 7) is 0. The van der Waals surface area contributed by atoms with Gasteiger partial charge in [0.25, 0.3) is 40.5 Å². The van der Waals surface area contributed by atoms with Crippen LogP contribution in [-0.2, 0) is 40.5 Å². The Bertz CT molecular complexity index is 2180. The Morgan fingerprint density at radius 2 is 0.974 bits per heavy atom. The Morgan fingerprint density at radius 3 is 1.47 bits per heavy atom. The molecule has 0 aliphatic carbocycles. The highest BCUT2D eigenvalue weighted by molar-refractivity contribution is 7.87. The Hall–Kier alpha value is -3.50. The van der Waals surface area contributed by atoms with Gasteiger partial charge in [0, 0.05) is 0 Å². The molecule has 0 bridgehead atoms. The molecule has 38 heavy (non-hydrogen) atoms. The molecule has 3 aromatic carbocycles. The first-order valence-electron chi connectivity index (χ1n) is 9.75. The Balaban J connectivity index is 1.95. The Morgan fingerprint density at radius 1 is 0.526 bits per heavy atom. The van der Waals surface area contributed by atoms with Crippen LogP contribution in [-0.4, -0.2) is 61.9 Å². The number of rotatable bonds is 4. The van der Waals surface area contributed by atoms with Crippen molar-refractivity contribution >= 4 is 85.3 Å². The van der Waals surface area contributed by atoms with Crippen LogP contribution in [0.4, 0.5) is 22.7 Å². The molecular formula is C18H12N4O12S4. The summed E-state index contributed by atoms with van der Waals surface area (Å²) in [5.41, 5.74) is -3.63. The summed E-state index contributed by atoms with van der Waals surface area (Å²) < 4.78 is 135. The molecule has 0 fully saturated rings. The molecule has 0 atom stereocenters. The molecule has 20 heteroatoms. The van der Waals surface area contributed by atoms with Crippen LogP contribution in [0.2, 0.25) is 0 Å². The second-order valence-electron chi connectivity index (χ2n) is 7.84. The topological polar surface area (TPSA) is 267 Å². The number of fused-ring (bicyclic) bond motifs is 4. The zero-order chi connectivity index (χ0) is 28.0. The second-order valence-corrected chi connectivity index (χ2v) is 13.4. The molecule has 16 nitrogen and oxygen atoms in total. The number of hydrogen-bond acceptors (Lipinski definition) is 12. The van der Waals surface area contributed by atoms with Gasteiger partial charge in [-0.1, -0.05) is 0 Å². The normalized spacial score (nSPS) is 14.0. The van der Waals surface area contributed by atoms with E-state index in [4.69, 9.17) is 0 Å². The third-order valence-electron chi connectivity index (χ3n) is 5.39. The predicted molar refractivity (Wildman–Crippen MR) is 129 cm³/mol. The fraction of sp³-hybridized carbons (Fsp3) is 0. The largest absolute Gasteiger partial charge is 0.351 e. The minimum atomic E-state index is -5.26. The molecule has 0 unspecified atom stereocenters. The minimum Gasteiger partial charge on any atom is -0.351 e. The fourth-order valence-electron chi connectivity index (χ4n) is 3.88. The first kappa shape index (κ1) is 26.1. The van der Waals surface area contributed by atoms with Crippen LogP contribution in [0.5, 0.6) is 0 Å². The zero-order valence-electron chi connectivity index (χ0n) is 18.0. The summed E-state index contributed by atoms with van der Waals surface area (Å²) in [5.74, 6) is 0. The van der Waals surface area contributed by atoms with E-state index < -0.39 is 82.5 Å². The number of aromatic nitrogens is 2. The Labute approximate surface area is 213 Å². The van der Waals surface area contributed by atoms with E-state index in [9.17, 15) is 51.9 Å². The monoisotopic (exact) mass is 604 g/mol. The second kappa shape index (κ2) is 8.00. The lowest BCUT2D eigenvalue weighted by molar-refractivity contribution is 0.480. The van der Waals surface area contributed by atoms with Gasteiger partial charge in [-0.2, -0.15) is 33.7 Å². The van der Waals surface area contributed by atoms with Crippen LogP contribution < -0.4 is 10.6 Å². The van der Waals surface area contributed by atoms with Gasteiger partial charge < -0.3 is 10.6 Å². The van der Waals surface area contributed by atoms with Gasteiger partial charge in [0.1, 0.15) is 20.8 Å². The summed E-state index contributed by atoms with van der Waals surface area (Å²) in [7, 11) is -20.0. The molecule has 200 valence electrons. The number of nitrogens with one attached hydrogen (secondary N) is 2. The molecule has 1 aliphatic rings. The van der Waals surface area contributed by atoms with Crippen LogP contribution in [0.15, 0.2) is 56.0 Å². The zero-order valence-corrected chi connectivity index (χ0v) is 21.3. The number of hydrogen-bond donors (Lipinski definition) is 6. The molecule has 2 heterocycles. The SMILES string of the molecule is O=S(=O)(O)c1ccc2c(c1)Nc1c(c(S(=O)(=O)O)c3nc4cc(S(=O)(=O)O)ccc4nc3c1S(=O)(=O)O)N2. The van der Waals surface area contributed by atoms with Gasteiger partial charge in [-0.3, -0.25) is 18.2 Å². The summed E-state index contributed by atoms with van der Waals surface area (Å²) >= 11 is 0. The molecular weight excluding hydrogens is 592 g/mol. The first-order chi connectivity index (χ1) is 17.4. The molecule has 0 saturated carbocycles.